The molecule has 1 aliphatic heterocycles. The molecular weight excluding hydrogens is 576 g/mol. The van der Waals surface area contributed by atoms with Crippen LogP contribution in [0.3, 0.4) is 0 Å². The summed E-state index contributed by atoms with van der Waals surface area (Å²) in [7, 11) is -3.79. The minimum Gasteiger partial charge on any atom is -0.446 e. The number of benzene rings is 4. The lowest BCUT2D eigenvalue weighted by Crippen LogP contribution is -2.44. The van der Waals surface area contributed by atoms with Gasteiger partial charge in [0.25, 0.3) is 0 Å². The maximum atomic E-state index is 13.3. The molecule has 10 heteroatoms. The number of anilines is 2. The number of piperidine rings is 1. The number of sulfonamides is 1. The third-order valence-electron chi connectivity index (χ3n) is 7.53. The summed E-state index contributed by atoms with van der Waals surface area (Å²) in [5.41, 5.74) is 3.22. The van der Waals surface area contributed by atoms with E-state index >= 15 is 0 Å². The van der Waals surface area contributed by atoms with Gasteiger partial charge in [-0.15, -0.1) is 0 Å². The molecule has 0 aromatic heterocycles. The van der Waals surface area contributed by atoms with E-state index < -0.39 is 16.1 Å². The van der Waals surface area contributed by atoms with Gasteiger partial charge in [0.2, 0.25) is 15.9 Å². The Labute approximate surface area is 258 Å². The Kier molecular flexibility index (Phi) is 10.4. The molecule has 1 fully saturated rings. The monoisotopic (exact) mass is 612 g/mol. The first kappa shape index (κ1) is 30.9. The Morgan fingerprint density at radius 3 is 2.07 bits per heavy atom. The van der Waals surface area contributed by atoms with Gasteiger partial charge in [-0.1, -0.05) is 84.9 Å². The lowest BCUT2D eigenvalue weighted by Gasteiger charge is -2.32. The number of amides is 2. The lowest BCUT2D eigenvalue weighted by molar-refractivity contribution is -0.119. The predicted molar refractivity (Wildman–Crippen MR) is 172 cm³/mol. The number of ether oxygens (including phenoxy) is 1. The SMILES string of the molecule is O=C(Nc1ccccc1-c1ccccc1)OC1CCN(CCC(=O)N(CNS(=O)(=O)c2ccccc2)c2ccccc2)CC1. The number of carbonyl (C=O) groups excluding carboxylic acids is 2. The van der Waals surface area contributed by atoms with Crippen LogP contribution in [-0.4, -0.2) is 57.7 Å². The van der Waals surface area contributed by atoms with Crippen molar-refractivity contribution in [2.75, 3.05) is 36.5 Å². The van der Waals surface area contributed by atoms with Crippen molar-refractivity contribution in [2.45, 2.75) is 30.3 Å². The summed E-state index contributed by atoms with van der Waals surface area (Å²) in [5, 5.41) is 2.89. The van der Waals surface area contributed by atoms with Crippen LogP contribution in [0.25, 0.3) is 11.1 Å². The molecule has 5 rings (SSSR count). The molecule has 0 radical (unpaired) electrons. The van der Waals surface area contributed by atoms with Gasteiger partial charge in [0.05, 0.1) is 17.3 Å². The van der Waals surface area contributed by atoms with Crippen LogP contribution in [0.1, 0.15) is 19.3 Å². The Bertz CT molecular complexity index is 1630. The average Bonchev–Trinajstić information content (AvgIpc) is 3.06. The van der Waals surface area contributed by atoms with Crippen molar-refractivity contribution >= 4 is 33.4 Å². The van der Waals surface area contributed by atoms with Crippen LogP contribution in [-0.2, 0) is 19.6 Å². The van der Waals surface area contributed by atoms with Gasteiger partial charge in [-0.05, 0) is 48.7 Å². The fourth-order valence-electron chi connectivity index (χ4n) is 5.16. The summed E-state index contributed by atoms with van der Waals surface area (Å²) in [5.74, 6) is -0.193. The number of hydrogen-bond donors (Lipinski definition) is 2. The highest BCUT2D eigenvalue weighted by atomic mass is 32.2. The molecule has 1 aliphatic rings. The first-order valence-electron chi connectivity index (χ1n) is 14.6. The van der Waals surface area contributed by atoms with Crippen molar-refractivity contribution in [3.8, 4) is 11.1 Å². The minimum atomic E-state index is -3.79. The molecule has 4 aromatic carbocycles. The fourth-order valence-corrected chi connectivity index (χ4v) is 6.14. The Morgan fingerprint density at radius 2 is 1.39 bits per heavy atom. The molecule has 2 N–H and O–H groups in total. The van der Waals surface area contributed by atoms with Crippen LogP contribution in [0.15, 0.2) is 120 Å². The van der Waals surface area contributed by atoms with Crippen LogP contribution < -0.4 is 14.9 Å². The highest BCUT2D eigenvalue weighted by molar-refractivity contribution is 7.89. The minimum absolute atomic E-state index is 0.139. The number of nitrogens with zero attached hydrogens (tertiary/aromatic N) is 2. The molecule has 0 spiro atoms. The average molecular weight is 613 g/mol. The predicted octanol–water partition coefficient (Wildman–Crippen LogP) is 5.73. The number of rotatable bonds is 11. The van der Waals surface area contributed by atoms with Crippen molar-refractivity contribution in [1.29, 1.82) is 0 Å². The van der Waals surface area contributed by atoms with Crippen molar-refractivity contribution in [3.63, 3.8) is 0 Å². The smallest absolute Gasteiger partial charge is 0.411 e. The maximum absolute atomic E-state index is 13.3. The van der Waals surface area contributed by atoms with Crippen LogP contribution in [0.4, 0.5) is 16.2 Å². The fraction of sp³-hybridized carbons (Fsp3) is 0.235. The third kappa shape index (κ3) is 8.31. The van der Waals surface area contributed by atoms with E-state index in [0.717, 1.165) is 11.1 Å². The first-order valence-corrected chi connectivity index (χ1v) is 16.1. The standard InChI is InChI=1S/C34H36N4O5S/c39-33(38(28-14-6-2-7-15-28)26-35-44(41,42)30-16-8-3-9-17-30)22-25-37-23-20-29(21-24-37)43-34(40)36-32-19-11-10-18-31(32)27-12-4-1-5-13-27/h1-19,29,35H,20-26H2,(H,36,40). The number of hydrogen-bond acceptors (Lipinski definition) is 6. The summed E-state index contributed by atoms with van der Waals surface area (Å²) in [4.78, 5) is 29.8. The summed E-state index contributed by atoms with van der Waals surface area (Å²) in [6.07, 6.45) is 0.810. The summed E-state index contributed by atoms with van der Waals surface area (Å²) >= 11 is 0. The number of likely N-dealkylation sites (tertiary alicyclic amines) is 1. The summed E-state index contributed by atoms with van der Waals surface area (Å²) in [6, 6.07) is 34.6. The molecular formula is C34H36N4O5S. The van der Waals surface area contributed by atoms with Gasteiger partial charge < -0.3 is 9.64 Å². The molecule has 9 nitrogen and oxygen atoms in total. The molecule has 4 aromatic rings. The molecule has 228 valence electrons. The molecule has 0 bridgehead atoms. The van der Waals surface area contributed by atoms with Gasteiger partial charge in [-0.25, -0.2) is 13.2 Å². The highest BCUT2D eigenvalue weighted by Crippen LogP contribution is 2.28. The van der Waals surface area contributed by atoms with Gasteiger partial charge in [0.15, 0.2) is 0 Å². The normalized spacial score (nSPS) is 14.1. The molecule has 0 saturated carbocycles. The van der Waals surface area contributed by atoms with E-state index in [9.17, 15) is 18.0 Å². The summed E-state index contributed by atoms with van der Waals surface area (Å²) < 4.78 is 33.9. The first-order chi connectivity index (χ1) is 21.4. The second-order valence-corrected chi connectivity index (χ2v) is 12.3. The Morgan fingerprint density at radius 1 is 0.795 bits per heavy atom. The van der Waals surface area contributed by atoms with E-state index in [2.05, 4.69) is 14.9 Å². The number of para-hydroxylation sites is 2. The van der Waals surface area contributed by atoms with Gasteiger partial charge in [0.1, 0.15) is 6.10 Å². The maximum Gasteiger partial charge on any atom is 0.411 e. The van der Waals surface area contributed by atoms with Gasteiger partial charge in [-0.2, -0.15) is 4.72 Å². The molecule has 2 amide bonds. The van der Waals surface area contributed by atoms with Crippen molar-refractivity contribution in [2.24, 2.45) is 0 Å². The molecule has 1 saturated heterocycles. The topological polar surface area (TPSA) is 108 Å². The number of nitrogens with one attached hydrogen (secondary N) is 2. The lowest BCUT2D eigenvalue weighted by atomic mass is 10.0. The van der Waals surface area contributed by atoms with E-state index in [0.29, 0.717) is 43.9 Å². The van der Waals surface area contributed by atoms with Gasteiger partial charge in [-0.3, -0.25) is 15.0 Å². The molecule has 1 heterocycles. The van der Waals surface area contributed by atoms with E-state index in [-0.39, 0.29) is 30.0 Å². The van der Waals surface area contributed by atoms with Gasteiger partial charge in [0, 0.05) is 37.3 Å². The van der Waals surface area contributed by atoms with E-state index in [1.54, 1.807) is 30.3 Å². The highest BCUT2D eigenvalue weighted by Gasteiger charge is 2.25. The number of carbonyl (C=O) groups is 2. The Hall–Kier alpha value is -4.51. The second-order valence-electron chi connectivity index (χ2n) is 10.5. The zero-order valence-corrected chi connectivity index (χ0v) is 25.2. The zero-order chi connectivity index (χ0) is 30.8. The van der Waals surface area contributed by atoms with E-state index in [4.69, 9.17) is 4.74 Å². The quantitative estimate of drug-likeness (QED) is 0.210. The van der Waals surface area contributed by atoms with Gasteiger partial charge >= 0.3 is 6.09 Å². The van der Waals surface area contributed by atoms with Crippen LogP contribution >= 0.6 is 0 Å². The largest absolute Gasteiger partial charge is 0.446 e. The van der Waals surface area contributed by atoms with Crippen molar-refractivity contribution < 1.29 is 22.7 Å². The van der Waals surface area contributed by atoms with Crippen LogP contribution in [0.5, 0.6) is 0 Å². The Balaban J connectivity index is 1.11. The van der Waals surface area contributed by atoms with Crippen molar-refractivity contribution in [1.82, 2.24) is 9.62 Å². The molecule has 44 heavy (non-hydrogen) atoms. The zero-order valence-electron chi connectivity index (χ0n) is 24.3. The van der Waals surface area contributed by atoms with Crippen molar-refractivity contribution in [3.05, 3.63) is 115 Å². The van der Waals surface area contributed by atoms with E-state index in [1.807, 2.05) is 72.8 Å². The molecule has 0 aliphatic carbocycles. The third-order valence-corrected chi connectivity index (χ3v) is 8.94. The summed E-state index contributed by atoms with van der Waals surface area (Å²) in [6.45, 7) is 1.69. The van der Waals surface area contributed by atoms with Crippen LogP contribution in [0, 0.1) is 0 Å². The molecule has 0 unspecified atom stereocenters. The van der Waals surface area contributed by atoms with E-state index in [1.165, 1.54) is 17.0 Å². The van der Waals surface area contributed by atoms with Crippen LogP contribution in [0.2, 0.25) is 0 Å². The molecule has 0 atom stereocenters. The second kappa shape index (κ2) is 14.8.